The summed E-state index contributed by atoms with van der Waals surface area (Å²) in [5.41, 5.74) is -0.270. The number of amides is 3. The van der Waals surface area contributed by atoms with Gasteiger partial charge in [0.1, 0.15) is 23.0 Å². The summed E-state index contributed by atoms with van der Waals surface area (Å²) in [4.78, 5) is 67.9. The molecule has 4 aromatic rings. The zero-order valence-electron chi connectivity index (χ0n) is 28.9. The highest BCUT2D eigenvalue weighted by molar-refractivity contribution is 6.34. The van der Waals surface area contributed by atoms with Crippen LogP contribution in [0.25, 0.3) is 10.9 Å². The maximum atomic E-state index is 15.8. The van der Waals surface area contributed by atoms with Gasteiger partial charge < -0.3 is 29.7 Å². The Morgan fingerprint density at radius 2 is 1.73 bits per heavy atom. The van der Waals surface area contributed by atoms with E-state index in [0.717, 1.165) is 25.0 Å². The van der Waals surface area contributed by atoms with Crippen molar-refractivity contribution in [2.24, 2.45) is 0 Å². The first-order valence-corrected chi connectivity index (χ1v) is 17.3. The number of anilines is 2. The molecule has 13 nitrogen and oxygen atoms in total. The van der Waals surface area contributed by atoms with Crippen LogP contribution in [0, 0.1) is 15.9 Å². The molecule has 3 amide bonds. The molecule has 0 spiro atoms. The Morgan fingerprint density at radius 3 is 2.35 bits per heavy atom. The summed E-state index contributed by atoms with van der Waals surface area (Å²) in [6, 6.07) is 14.1. The highest BCUT2D eigenvalue weighted by Gasteiger charge is 2.31. The molecule has 0 bridgehead atoms. The number of carbonyl (C=O) groups is 3. The number of non-ortho nitro benzene ring substituents is 1. The fourth-order valence-electron chi connectivity index (χ4n) is 6.11. The molecule has 1 aromatic heterocycles. The second-order valence-electron chi connectivity index (χ2n) is 13.9. The summed E-state index contributed by atoms with van der Waals surface area (Å²) in [5.74, 6) is -2.13. The average molecular weight is 733 g/mol. The van der Waals surface area contributed by atoms with Gasteiger partial charge in [0.15, 0.2) is 0 Å². The number of benzene rings is 3. The van der Waals surface area contributed by atoms with Crippen LogP contribution in [0.3, 0.4) is 0 Å². The van der Waals surface area contributed by atoms with Crippen LogP contribution in [-0.2, 0) is 16.0 Å². The van der Waals surface area contributed by atoms with E-state index in [9.17, 15) is 29.3 Å². The lowest BCUT2D eigenvalue weighted by molar-refractivity contribution is -0.384. The van der Waals surface area contributed by atoms with Crippen LogP contribution in [0.2, 0.25) is 5.02 Å². The minimum atomic E-state index is -1.19. The lowest BCUT2D eigenvalue weighted by Gasteiger charge is -2.37. The summed E-state index contributed by atoms with van der Waals surface area (Å²) in [6.45, 7) is 6.74. The predicted molar refractivity (Wildman–Crippen MR) is 195 cm³/mol. The molecule has 1 aliphatic heterocycles. The number of halogens is 2. The van der Waals surface area contributed by atoms with E-state index in [4.69, 9.17) is 16.3 Å². The zero-order chi connectivity index (χ0) is 37.3. The first kappa shape index (κ1) is 36.3. The largest absolute Gasteiger partial charge is 0.444 e. The van der Waals surface area contributed by atoms with Crippen molar-refractivity contribution in [2.75, 3.05) is 36.4 Å². The molecule has 2 fully saturated rings. The fourth-order valence-corrected chi connectivity index (χ4v) is 6.33. The Morgan fingerprint density at radius 1 is 1.04 bits per heavy atom. The van der Waals surface area contributed by atoms with E-state index in [0.29, 0.717) is 37.3 Å². The van der Waals surface area contributed by atoms with Gasteiger partial charge in [0, 0.05) is 62.4 Å². The van der Waals surface area contributed by atoms with Crippen LogP contribution < -0.4 is 21.0 Å². The normalized spacial score (nSPS) is 15.2. The maximum absolute atomic E-state index is 15.8. The van der Waals surface area contributed by atoms with Gasteiger partial charge in [-0.3, -0.25) is 24.5 Å². The molecule has 52 heavy (non-hydrogen) atoms. The monoisotopic (exact) mass is 732 g/mol. The number of nitrogens with one attached hydrogen (secondary N) is 2. The summed E-state index contributed by atoms with van der Waals surface area (Å²) in [5, 5.41) is 16.4. The van der Waals surface area contributed by atoms with Crippen molar-refractivity contribution in [1.82, 2.24) is 14.8 Å². The fraction of sp³-hybridized carbons (Fsp3) is 0.351. The summed E-state index contributed by atoms with van der Waals surface area (Å²) >= 11 is 6.22. The molecule has 1 atom stereocenters. The minimum Gasteiger partial charge on any atom is -0.444 e. The van der Waals surface area contributed by atoms with E-state index < -0.39 is 45.7 Å². The molecule has 1 saturated heterocycles. The number of nitro benzene ring substituents is 1. The number of pyridine rings is 1. The van der Waals surface area contributed by atoms with E-state index in [-0.39, 0.29) is 45.5 Å². The standard InChI is InChI=1S/C37H38ClFN6O7/c1-37(2,3)52-36(49)43-15-13-42(14-16-43)32-20-31-25(19-28(32)39)33(46)26(21-44(31)23-9-10-23)34(47)41-30(17-22-7-5-4-6-8-22)35(48)40-29-12-11-24(45(50)51)18-27(29)38/h4-8,11-12,18-21,23,30H,9-10,13-17H2,1-3H3,(H,40,48)(H,41,47)/t30-/m0/s1. The number of hydrogen-bond acceptors (Lipinski definition) is 8. The van der Waals surface area contributed by atoms with Crippen LogP contribution in [0.1, 0.15) is 55.6 Å². The molecule has 2 N–H and O–H groups in total. The second kappa shape index (κ2) is 14.6. The van der Waals surface area contributed by atoms with Crippen LogP contribution in [-0.4, -0.2) is 70.1 Å². The van der Waals surface area contributed by atoms with Gasteiger partial charge in [0.2, 0.25) is 11.3 Å². The van der Waals surface area contributed by atoms with Crippen molar-refractivity contribution in [3.05, 3.63) is 109 Å². The summed E-state index contributed by atoms with van der Waals surface area (Å²) in [6.07, 6.45) is 2.68. The number of nitrogens with zero attached hydrogens (tertiary/aromatic N) is 4. The van der Waals surface area contributed by atoms with Gasteiger partial charge in [-0.2, -0.15) is 0 Å². The number of aromatic nitrogens is 1. The molecule has 6 rings (SSSR count). The highest BCUT2D eigenvalue weighted by atomic mass is 35.5. The Bertz CT molecular complexity index is 2110. The quantitative estimate of drug-likeness (QED) is 0.155. The van der Waals surface area contributed by atoms with E-state index in [1.165, 1.54) is 18.3 Å². The maximum Gasteiger partial charge on any atom is 0.410 e. The molecule has 15 heteroatoms. The zero-order valence-corrected chi connectivity index (χ0v) is 29.6. The van der Waals surface area contributed by atoms with Crippen LogP contribution in [0.15, 0.2) is 71.7 Å². The molecule has 2 heterocycles. The lowest BCUT2D eigenvalue weighted by Crippen LogP contribution is -2.50. The second-order valence-corrected chi connectivity index (χ2v) is 14.3. The van der Waals surface area contributed by atoms with Crippen molar-refractivity contribution in [2.45, 2.75) is 57.7 Å². The number of ether oxygens (including phenoxy) is 1. The average Bonchev–Trinajstić information content (AvgIpc) is 3.94. The molecule has 2 aliphatic rings. The van der Waals surface area contributed by atoms with E-state index >= 15 is 4.39 Å². The number of nitro groups is 1. The van der Waals surface area contributed by atoms with Gasteiger partial charge in [-0.05, 0) is 57.4 Å². The van der Waals surface area contributed by atoms with Crippen molar-refractivity contribution in [3.8, 4) is 0 Å². The minimum absolute atomic E-state index is 0.00956. The van der Waals surface area contributed by atoms with E-state index in [1.54, 1.807) is 62.1 Å². The SMILES string of the molecule is CC(C)(C)OC(=O)N1CCN(c2cc3c(cc2F)c(=O)c(C(=O)N[C@@H](Cc2ccccc2)C(=O)Nc2ccc([N+](=O)[O-])cc2Cl)cn3C2CC2)CC1. The number of piperazine rings is 1. The molecule has 0 unspecified atom stereocenters. The smallest absolute Gasteiger partial charge is 0.410 e. The van der Waals surface area contributed by atoms with E-state index in [1.807, 2.05) is 9.47 Å². The van der Waals surface area contributed by atoms with Gasteiger partial charge >= 0.3 is 6.09 Å². The topological polar surface area (TPSA) is 156 Å². The number of rotatable bonds is 9. The lowest BCUT2D eigenvalue weighted by atomic mass is 10.0. The van der Waals surface area contributed by atoms with Gasteiger partial charge in [-0.25, -0.2) is 9.18 Å². The Hall–Kier alpha value is -5.50. The van der Waals surface area contributed by atoms with Crippen LogP contribution in [0.4, 0.5) is 26.2 Å². The molecule has 0 radical (unpaired) electrons. The van der Waals surface area contributed by atoms with E-state index in [2.05, 4.69) is 10.6 Å². The highest BCUT2D eigenvalue weighted by Crippen LogP contribution is 2.38. The Kier molecular flexibility index (Phi) is 10.2. The Labute approximate surface area is 303 Å². The number of hydrogen-bond donors (Lipinski definition) is 2. The van der Waals surface area contributed by atoms with Crippen molar-refractivity contribution in [3.63, 3.8) is 0 Å². The summed E-state index contributed by atoms with van der Waals surface area (Å²) < 4.78 is 23.1. The molecular formula is C37H38ClFN6O7. The third-order valence-corrected chi connectivity index (χ3v) is 9.20. The molecule has 3 aromatic carbocycles. The molecule has 1 saturated carbocycles. The van der Waals surface area contributed by atoms with Crippen LogP contribution in [0.5, 0.6) is 0 Å². The molecule has 1 aliphatic carbocycles. The van der Waals surface area contributed by atoms with Gasteiger partial charge in [0.25, 0.3) is 11.6 Å². The van der Waals surface area contributed by atoms with Gasteiger partial charge in [-0.15, -0.1) is 0 Å². The van der Waals surface area contributed by atoms with Crippen molar-refractivity contribution >= 4 is 57.5 Å². The Balaban J connectivity index is 1.27. The first-order chi connectivity index (χ1) is 24.7. The molecular weight excluding hydrogens is 695 g/mol. The first-order valence-electron chi connectivity index (χ1n) is 16.9. The third kappa shape index (κ3) is 8.17. The summed E-state index contributed by atoms with van der Waals surface area (Å²) in [7, 11) is 0. The number of fused-ring (bicyclic) bond motifs is 1. The molecule has 272 valence electrons. The van der Waals surface area contributed by atoms with Crippen molar-refractivity contribution < 1.29 is 28.4 Å². The van der Waals surface area contributed by atoms with Gasteiger partial charge in [0.05, 0.1) is 26.8 Å². The number of carbonyl (C=O) groups excluding carboxylic acids is 3. The van der Waals surface area contributed by atoms with Gasteiger partial charge in [-0.1, -0.05) is 41.9 Å². The predicted octanol–water partition coefficient (Wildman–Crippen LogP) is 6.07. The third-order valence-electron chi connectivity index (χ3n) is 8.88. The van der Waals surface area contributed by atoms with Crippen molar-refractivity contribution in [1.29, 1.82) is 0 Å². The van der Waals surface area contributed by atoms with Crippen LogP contribution >= 0.6 is 11.6 Å².